The van der Waals surface area contributed by atoms with Crippen molar-refractivity contribution in [2.45, 2.75) is 52.6 Å². The maximum absolute atomic E-state index is 12.7. The van der Waals surface area contributed by atoms with Gasteiger partial charge in [-0.25, -0.2) is 4.79 Å². The minimum Gasteiger partial charge on any atom is -0.493 e. The minimum atomic E-state index is -0.319. The molecule has 3 heterocycles. The second-order valence-corrected chi connectivity index (χ2v) is 9.72. The number of esters is 1. The van der Waals surface area contributed by atoms with Crippen LogP contribution in [-0.2, 0) is 20.8 Å². The first-order chi connectivity index (χ1) is 18.5. The number of nitrogens with zero attached hydrogens (tertiary/aromatic N) is 3. The summed E-state index contributed by atoms with van der Waals surface area (Å²) in [6.07, 6.45) is 9.31. The van der Waals surface area contributed by atoms with Crippen molar-refractivity contribution in [1.29, 1.82) is 0 Å². The molecule has 0 unspecified atom stereocenters. The van der Waals surface area contributed by atoms with Crippen LogP contribution in [0.2, 0.25) is 0 Å². The summed E-state index contributed by atoms with van der Waals surface area (Å²) in [5, 5.41) is 4.49. The number of rotatable bonds is 7. The molecule has 7 nitrogen and oxygen atoms in total. The van der Waals surface area contributed by atoms with Gasteiger partial charge in [-0.1, -0.05) is 30.3 Å². The average Bonchev–Trinajstić information content (AvgIpc) is 3.64. The highest BCUT2D eigenvalue weighted by molar-refractivity contribution is 6.18. The molecule has 0 amide bonds. The Morgan fingerprint density at radius 2 is 1.89 bits per heavy atom. The van der Waals surface area contributed by atoms with E-state index in [4.69, 9.17) is 14.2 Å². The van der Waals surface area contributed by atoms with E-state index < -0.39 is 0 Å². The molecule has 0 saturated carbocycles. The lowest BCUT2D eigenvalue weighted by atomic mass is 9.96. The maximum atomic E-state index is 12.7. The van der Waals surface area contributed by atoms with Crippen LogP contribution in [0, 0.1) is 0 Å². The van der Waals surface area contributed by atoms with Gasteiger partial charge in [0.1, 0.15) is 5.75 Å². The van der Waals surface area contributed by atoms with Crippen LogP contribution in [-0.4, -0.2) is 49.2 Å². The zero-order valence-electron chi connectivity index (χ0n) is 23.0. The third-order valence-corrected chi connectivity index (χ3v) is 6.66. The second kappa shape index (κ2) is 13.3. The zero-order valence-corrected chi connectivity index (χ0v) is 23.0. The number of benzene rings is 2. The lowest BCUT2D eigenvalue weighted by Gasteiger charge is -2.25. The van der Waals surface area contributed by atoms with Crippen molar-refractivity contribution in [3.8, 4) is 16.9 Å². The fraction of sp³-hybridized carbons (Fsp3) is 0.419. The Kier molecular flexibility index (Phi) is 9.60. The number of para-hydroxylation sites is 1. The molecule has 2 aliphatic heterocycles. The highest BCUT2D eigenvalue weighted by Gasteiger charge is 2.24. The van der Waals surface area contributed by atoms with Crippen LogP contribution in [0.5, 0.6) is 5.75 Å². The number of hydrogen-bond donors (Lipinski definition) is 0. The SMILES string of the molecule is C1CCOC1.CCOc1ccccc1-c1ccc2c(c1)C(C(=O)OC)=CCCN2Cc1cnn(C(C)C)c1. The third kappa shape index (κ3) is 6.64. The second-order valence-electron chi connectivity index (χ2n) is 9.72. The summed E-state index contributed by atoms with van der Waals surface area (Å²) in [6, 6.07) is 14.6. The topological polar surface area (TPSA) is 65.8 Å². The van der Waals surface area contributed by atoms with E-state index in [2.05, 4.69) is 48.2 Å². The Labute approximate surface area is 226 Å². The van der Waals surface area contributed by atoms with Crippen LogP contribution in [0.3, 0.4) is 0 Å². The highest BCUT2D eigenvalue weighted by Crippen LogP contribution is 2.38. The minimum absolute atomic E-state index is 0.315. The van der Waals surface area contributed by atoms with Crippen molar-refractivity contribution in [2.24, 2.45) is 0 Å². The lowest BCUT2D eigenvalue weighted by molar-refractivity contribution is -0.133. The van der Waals surface area contributed by atoms with Gasteiger partial charge in [-0.15, -0.1) is 0 Å². The van der Waals surface area contributed by atoms with E-state index in [0.717, 1.165) is 66.4 Å². The van der Waals surface area contributed by atoms with Gasteiger partial charge in [-0.2, -0.15) is 5.10 Å². The average molecular weight is 518 g/mol. The smallest absolute Gasteiger partial charge is 0.338 e. The van der Waals surface area contributed by atoms with Gasteiger partial charge in [0.05, 0.1) is 25.5 Å². The Morgan fingerprint density at radius 3 is 2.55 bits per heavy atom. The van der Waals surface area contributed by atoms with Gasteiger partial charge in [0.25, 0.3) is 0 Å². The number of aromatic nitrogens is 2. The highest BCUT2D eigenvalue weighted by atomic mass is 16.5. The Hall–Kier alpha value is -3.58. The Balaban J connectivity index is 0.000000603. The van der Waals surface area contributed by atoms with Crippen LogP contribution in [0.25, 0.3) is 16.7 Å². The van der Waals surface area contributed by atoms with Gasteiger partial charge in [-0.3, -0.25) is 4.68 Å². The molecule has 0 spiro atoms. The van der Waals surface area contributed by atoms with Crippen molar-refractivity contribution in [3.05, 3.63) is 72.1 Å². The molecule has 1 aromatic heterocycles. The summed E-state index contributed by atoms with van der Waals surface area (Å²) < 4.78 is 17.9. The van der Waals surface area contributed by atoms with E-state index in [1.165, 1.54) is 20.0 Å². The van der Waals surface area contributed by atoms with Crippen LogP contribution in [0.4, 0.5) is 5.69 Å². The summed E-state index contributed by atoms with van der Waals surface area (Å²) in [7, 11) is 1.43. The fourth-order valence-electron chi connectivity index (χ4n) is 4.72. The first-order valence-corrected chi connectivity index (χ1v) is 13.5. The molecule has 3 aromatic rings. The largest absolute Gasteiger partial charge is 0.493 e. The van der Waals surface area contributed by atoms with Crippen LogP contribution in [0.15, 0.2) is 60.9 Å². The molecule has 2 aliphatic rings. The summed E-state index contributed by atoms with van der Waals surface area (Å²) in [5.74, 6) is 0.510. The number of methoxy groups -OCH3 is 1. The summed E-state index contributed by atoms with van der Waals surface area (Å²) in [5.41, 5.74) is 5.63. The van der Waals surface area contributed by atoms with Gasteiger partial charge >= 0.3 is 5.97 Å². The fourth-order valence-corrected chi connectivity index (χ4v) is 4.72. The number of ether oxygens (including phenoxy) is 3. The number of carbonyl (C=O) groups excluding carboxylic acids is 1. The number of carbonyl (C=O) groups is 1. The van der Waals surface area contributed by atoms with Crippen LogP contribution < -0.4 is 9.64 Å². The molecule has 1 fully saturated rings. The quantitative estimate of drug-likeness (QED) is 0.343. The van der Waals surface area contributed by atoms with E-state index in [9.17, 15) is 4.79 Å². The van der Waals surface area contributed by atoms with Crippen molar-refractivity contribution in [2.75, 3.05) is 38.4 Å². The predicted molar refractivity (Wildman–Crippen MR) is 151 cm³/mol. The molecule has 0 radical (unpaired) electrons. The molecular weight excluding hydrogens is 478 g/mol. The molecule has 0 N–H and O–H groups in total. The van der Waals surface area contributed by atoms with Gasteiger partial charge in [-0.05, 0) is 63.8 Å². The van der Waals surface area contributed by atoms with Crippen molar-refractivity contribution in [3.63, 3.8) is 0 Å². The van der Waals surface area contributed by atoms with Crippen molar-refractivity contribution >= 4 is 17.2 Å². The van der Waals surface area contributed by atoms with E-state index in [1.807, 2.05) is 48.1 Å². The van der Waals surface area contributed by atoms with Gasteiger partial charge < -0.3 is 19.1 Å². The van der Waals surface area contributed by atoms with E-state index in [0.29, 0.717) is 18.2 Å². The Morgan fingerprint density at radius 1 is 1.11 bits per heavy atom. The van der Waals surface area contributed by atoms with Crippen molar-refractivity contribution < 1.29 is 19.0 Å². The molecule has 1 saturated heterocycles. The molecule has 0 atom stereocenters. The van der Waals surface area contributed by atoms with E-state index in [1.54, 1.807) is 0 Å². The maximum Gasteiger partial charge on any atom is 0.338 e. The third-order valence-electron chi connectivity index (χ3n) is 6.66. The molecule has 5 rings (SSSR count). The first kappa shape index (κ1) is 27.5. The van der Waals surface area contributed by atoms with Crippen LogP contribution in [0.1, 0.15) is 57.2 Å². The molecule has 7 heteroatoms. The van der Waals surface area contributed by atoms with Crippen molar-refractivity contribution in [1.82, 2.24) is 9.78 Å². The standard InChI is InChI=1S/C27H31N3O3.C4H8O/c1-5-33-26-11-7-6-9-22(26)21-12-13-25-24(15-21)23(27(31)32-4)10-8-14-29(25)17-20-16-28-30(18-20)19(2)3;1-2-4-5-3-1/h6-7,9-13,15-16,18-19H,5,8,14,17H2,1-4H3;1-4H2. The molecule has 38 heavy (non-hydrogen) atoms. The zero-order chi connectivity index (χ0) is 26.9. The lowest BCUT2D eigenvalue weighted by Crippen LogP contribution is -2.23. The van der Waals surface area contributed by atoms with Gasteiger partial charge in [0, 0.05) is 60.9 Å². The molecule has 2 aromatic carbocycles. The summed E-state index contributed by atoms with van der Waals surface area (Å²) in [4.78, 5) is 15.0. The summed E-state index contributed by atoms with van der Waals surface area (Å²) in [6.45, 7) is 10.3. The first-order valence-electron chi connectivity index (χ1n) is 13.5. The van der Waals surface area contributed by atoms with E-state index >= 15 is 0 Å². The van der Waals surface area contributed by atoms with E-state index in [-0.39, 0.29) is 5.97 Å². The molecular formula is C31H39N3O4. The van der Waals surface area contributed by atoms with Gasteiger partial charge in [0.15, 0.2) is 0 Å². The molecule has 202 valence electrons. The molecule has 0 aliphatic carbocycles. The molecule has 0 bridgehead atoms. The summed E-state index contributed by atoms with van der Waals surface area (Å²) >= 11 is 0. The monoisotopic (exact) mass is 517 g/mol. The predicted octanol–water partition coefficient (Wildman–Crippen LogP) is 6.29. The van der Waals surface area contributed by atoms with Gasteiger partial charge in [0.2, 0.25) is 0 Å². The number of fused-ring (bicyclic) bond motifs is 1. The number of anilines is 1. The normalized spacial score (nSPS) is 14.8. The Bertz CT molecular complexity index is 1240. The number of hydrogen-bond acceptors (Lipinski definition) is 6. The van der Waals surface area contributed by atoms with Crippen LogP contribution >= 0.6 is 0 Å².